The molecule has 0 aliphatic heterocycles. The molecule has 2 aromatic heterocycles. The maximum absolute atomic E-state index is 6.10. The van der Waals surface area contributed by atoms with Gasteiger partial charge in [-0.2, -0.15) is 16.9 Å². The zero-order valence-electron chi connectivity index (χ0n) is 11.6. The zero-order chi connectivity index (χ0) is 13.6. The third-order valence-electron chi connectivity index (χ3n) is 4.08. The van der Waals surface area contributed by atoms with E-state index in [1.54, 1.807) is 0 Å². The molecule has 1 fully saturated rings. The second-order valence-corrected chi connectivity index (χ2v) is 6.64. The van der Waals surface area contributed by atoms with Gasteiger partial charge >= 0.3 is 0 Å². The normalized spacial score (nSPS) is 23.6. The summed E-state index contributed by atoms with van der Waals surface area (Å²) in [5.41, 5.74) is 3.12. The van der Waals surface area contributed by atoms with E-state index in [0.717, 1.165) is 27.9 Å². The van der Waals surface area contributed by atoms with Crippen LogP contribution >= 0.6 is 23.4 Å². The summed E-state index contributed by atoms with van der Waals surface area (Å²) >= 11 is 8.07. The van der Waals surface area contributed by atoms with Crippen LogP contribution in [-0.4, -0.2) is 30.8 Å². The molecule has 1 saturated carbocycles. The lowest BCUT2D eigenvalue weighted by Gasteiger charge is -2.16. The van der Waals surface area contributed by atoms with E-state index in [1.807, 2.05) is 30.4 Å². The lowest BCUT2D eigenvalue weighted by molar-refractivity contribution is 0.507. The van der Waals surface area contributed by atoms with Gasteiger partial charge in [-0.3, -0.25) is 4.68 Å². The maximum atomic E-state index is 6.10. The Bertz CT molecular complexity index is 603. The van der Waals surface area contributed by atoms with Crippen LogP contribution in [0.1, 0.15) is 36.8 Å². The molecule has 0 N–H and O–H groups in total. The Labute approximate surface area is 122 Å². The van der Waals surface area contributed by atoms with Gasteiger partial charge in [0.15, 0.2) is 5.65 Å². The molecule has 1 aliphatic rings. The fourth-order valence-corrected chi connectivity index (χ4v) is 4.16. The molecule has 1 aliphatic carbocycles. The number of aromatic nitrogens is 4. The molecule has 0 amide bonds. The lowest BCUT2D eigenvalue weighted by Crippen LogP contribution is -2.12. The van der Waals surface area contributed by atoms with E-state index in [-0.39, 0.29) is 0 Å². The molecule has 19 heavy (non-hydrogen) atoms. The minimum absolute atomic E-state index is 0.467. The maximum Gasteiger partial charge on any atom is 0.158 e. The zero-order valence-corrected chi connectivity index (χ0v) is 13.1. The summed E-state index contributed by atoms with van der Waals surface area (Å²) in [6.45, 7) is 2.01. The molecule has 2 unspecified atom stereocenters. The van der Waals surface area contributed by atoms with Crippen LogP contribution in [0.5, 0.6) is 0 Å². The molecular formula is C13H19ClN4S. The van der Waals surface area contributed by atoms with Crippen LogP contribution in [0.15, 0.2) is 0 Å². The van der Waals surface area contributed by atoms with E-state index in [1.165, 1.54) is 19.3 Å². The molecule has 0 spiro atoms. The molecule has 2 aromatic rings. The van der Waals surface area contributed by atoms with Gasteiger partial charge in [0.25, 0.3) is 0 Å². The largest absolute Gasteiger partial charge is 0.309 e. The number of thioether (sulfide) groups is 1. The summed E-state index contributed by atoms with van der Waals surface area (Å²) in [6.07, 6.45) is 5.91. The molecule has 2 heterocycles. The van der Waals surface area contributed by atoms with Gasteiger partial charge < -0.3 is 4.57 Å². The Balaban J connectivity index is 2.11. The molecule has 2 atom stereocenters. The van der Waals surface area contributed by atoms with Gasteiger partial charge in [-0.15, -0.1) is 11.6 Å². The number of halogens is 1. The Hall–Kier alpha value is -0.680. The highest BCUT2D eigenvalue weighted by Gasteiger charge is 2.29. The minimum Gasteiger partial charge on any atom is -0.309 e. The van der Waals surface area contributed by atoms with Crippen LogP contribution < -0.4 is 0 Å². The summed E-state index contributed by atoms with van der Waals surface area (Å²) in [5.74, 6) is 1.45. The quantitative estimate of drug-likeness (QED) is 0.816. The van der Waals surface area contributed by atoms with Crippen molar-refractivity contribution in [3.05, 3.63) is 11.5 Å². The van der Waals surface area contributed by atoms with Gasteiger partial charge in [-0.1, -0.05) is 0 Å². The van der Waals surface area contributed by atoms with Crippen LogP contribution in [0.4, 0.5) is 0 Å². The molecule has 4 nitrogen and oxygen atoms in total. The first-order chi connectivity index (χ1) is 9.15. The number of aryl methyl sites for hydroxylation is 2. The second kappa shape index (κ2) is 5.02. The van der Waals surface area contributed by atoms with Crippen molar-refractivity contribution < 1.29 is 0 Å². The first kappa shape index (κ1) is 13.3. The van der Waals surface area contributed by atoms with Crippen LogP contribution in [0.2, 0.25) is 0 Å². The van der Waals surface area contributed by atoms with E-state index in [9.17, 15) is 0 Å². The molecule has 3 rings (SSSR count). The molecule has 0 radical (unpaired) electrons. The number of alkyl halides is 1. The number of fused-ring (bicyclic) bond motifs is 1. The average Bonchev–Trinajstić information content (AvgIpc) is 3.06. The molecule has 0 aromatic carbocycles. The van der Waals surface area contributed by atoms with Crippen molar-refractivity contribution in [3.8, 4) is 0 Å². The standard InChI is InChI=1S/C13H19ClN4S/c1-8-12-13(17(2)16-8)18(11(7-14)15-12)9-4-5-10(6-9)19-3/h9-10H,4-7H2,1-3H3. The van der Waals surface area contributed by atoms with Crippen LogP contribution in [0.3, 0.4) is 0 Å². The molecule has 0 bridgehead atoms. The highest BCUT2D eigenvalue weighted by atomic mass is 35.5. The van der Waals surface area contributed by atoms with E-state index >= 15 is 0 Å². The predicted molar refractivity (Wildman–Crippen MR) is 81.0 cm³/mol. The monoisotopic (exact) mass is 298 g/mol. The third-order valence-corrected chi connectivity index (χ3v) is 5.42. The van der Waals surface area contributed by atoms with Gasteiger partial charge in [-0.05, 0) is 32.4 Å². The highest BCUT2D eigenvalue weighted by molar-refractivity contribution is 7.99. The van der Waals surface area contributed by atoms with Gasteiger partial charge in [0, 0.05) is 18.3 Å². The Morgan fingerprint density at radius 2 is 2.21 bits per heavy atom. The predicted octanol–water partition coefficient (Wildman–Crippen LogP) is 3.27. The first-order valence-corrected chi connectivity index (χ1v) is 8.47. The van der Waals surface area contributed by atoms with Crippen molar-refractivity contribution in [2.24, 2.45) is 7.05 Å². The molecule has 6 heteroatoms. The van der Waals surface area contributed by atoms with Crippen molar-refractivity contribution in [1.82, 2.24) is 19.3 Å². The molecule has 104 valence electrons. The van der Waals surface area contributed by atoms with Crippen molar-refractivity contribution in [3.63, 3.8) is 0 Å². The Morgan fingerprint density at radius 1 is 1.42 bits per heavy atom. The number of hydrogen-bond donors (Lipinski definition) is 0. The van der Waals surface area contributed by atoms with E-state index in [4.69, 9.17) is 11.6 Å². The third kappa shape index (κ3) is 2.07. The van der Waals surface area contributed by atoms with Crippen LogP contribution in [0, 0.1) is 6.92 Å². The number of imidazole rings is 1. The Morgan fingerprint density at radius 3 is 2.84 bits per heavy atom. The summed E-state index contributed by atoms with van der Waals surface area (Å²) < 4.78 is 4.28. The van der Waals surface area contributed by atoms with E-state index in [0.29, 0.717) is 11.9 Å². The van der Waals surface area contributed by atoms with Crippen molar-refractivity contribution in [2.75, 3.05) is 6.26 Å². The van der Waals surface area contributed by atoms with Crippen molar-refractivity contribution in [1.29, 1.82) is 0 Å². The second-order valence-electron chi connectivity index (χ2n) is 5.24. The van der Waals surface area contributed by atoms with Gasteiger partial charge in [0.1, 0.15) is 11.3 Å². The van der Waals surface area contributed by atoms with E-state index in [2.05, 4.69) is 20.9 Å². The lowest BCUT2D eigenvalue weighted by atomic mass is 10.2. The molecular weight excluding hydrogens is 280 g/mol. The van der Waals surface area contributed by atoms with Crippen LogP contribution in [0.25, 0.3) is 11.2 Å². The summed E-state index contributed by atoms with van der Waals surface area (Å²) in [5, 5.41) is 5.25. The summed E-state index contributed by atoms with van der Waals surface area (Å²) in [6, 6.07) is 0.519. The average molecular weight is 299 g/mol. The van der Waals surface area contributed by atoms with Crippen molar-refractivity contribution in [2.45, 2.75) is 43.4 Å². The molecule has 0 saturated heterocycles. The van der Waals surface area contributed by atoms with Gasteiger partial charge in [0.05, 0.1) is 11.6 Å². The number of nitrogens with zero attached hydrogens (tertiary/aromatic N) is 4. The minimum atomic E-state index is 0.467. The number of hydrogen-bond acceptors (Lipinski definition) is 3. The van der Waals surface area contributed by atoms with Gasteiger partial charge in [0.2, 0.25) is 0 Å². The van der Waals surface area contributed by atoms with Gasteiger partial charge in [-0.25, -0.2) is 4.98 Å². The summed E-state index contributed by atoms with van der Waals surface area (Å²) in [4.78, 5) is 4.69. The summed E-state index contributed by atoms with van der Waals surface area (Å²) in [7, 11) is 1.99. The smallest absolute Gasteiger partial charge is 0.158 e. The van der Waals surface area contributed by atoms with Crippen LogP contribution in [-0.2, 0) is 12.9 Å². The highest BCUT2D eigenvalue weighted by Crippen LogP contribution is 2.39. The SMILES string of the molecule is CSC1CCC(n2c(CCl)nc3c(C)nn(C)c32)C1. The fourth-order valence-electron chi connectivity index (χ4n) is 3.18. The van der Waals surface area contributed by atoms with E-state index < -0.39 is 0 Å². The first-order valence-electron chi connectivity index (χ1n) is 6.64. The Kier molecular flexibility index (Phi) is 3.52. The fraction of sp³-hybridized carbons (Fsp3) is 0.692. The number of rotatable bonds is 3. The van der Waals surface area contributed by atoms with Crippen molar-refractivity contribution >= 4 is 34.5 Å². The topological polar surface area (TPSA) is 35.6 Å².